The minimum Gasteiger partial charge on any atom is -0.496 e. The summed E-state index contributed by atoms with van der Waals surface area (Å²) in [5.74, 6) is 2.44. The van der Waals surface area contributed by atoms with E-state index >= 15 is 0 Å². The van der Waals surface area contributed by atoms with E-state index in [4.69, 9.17) is 10.5 Å². The van der Waals surface area contributed by atoms with Crippen molar-refractivity contribution in [1.29, 1.82) is 0 Å². The summed E-state index contributed by atoms with van der Waals surface area (Å²) in [7, 11) is 1.62. The molecule has 0 aliphatic carbocycles. The van der Waals surface area contributed by atoms with Crippen molar-refractivity contribution in [3.8, 4) is 17.1 Å². The lowest BCUT2D eigenvalue weighted by molar-refractivity contribution is 0.346. The van der Waals surface area contributed by atoms with Gasteiger partial charge >= 0.3 is 0 Å². The number of tetrazole rings is 1. The molecule has 2 rings (SSSR count). The summed E-state index contributed by atoms with van der Waals surface area (Å²) in [6.45, 7) is 7.33. The third kappa shape index (κ3) is 2.89. The third-order valence-corrected chi connectivity index (χ3v) is 3.60. The van der Waals surface area contributed by atoms with Crippen LogP contribution in [-0.2, 0) is 6.54 Å². The Morgan fingerprint density at radius 2 is 2.05 bits per heavy atom. The van der Waals surface area contributed by atoms with Crippen molar-refractivity contribution in [2.45, 2.75) is 27.3 Å². The molecule has 0 radical (unpaired) electrons. The molecule has 20 heavy (non-hydrogen) atoms. The van der Waals surface area contributed by atoms with Crippen molar-refractivity contribution in [2.24, 2.45) is 11.8 Å². The number of hydrogen-bond acceptors (Lipinski definition) is 5. The zero-order valence-corrected chi connectivity index (χ0v) is 12.4. The number of hydrogen-bond donors (Lipinski definition) is 1. The van der Waals surface area contributed by atoms with Crippen molar-refractivity contribution in [3.05, 3.63) is 18.2 Å². The highest BCUT2D eigenvalue weighted by Gasteiger charge is 2.17. The molecule has 1 aromatic carbocycles. The Morgan fingerprint density at radius 3 is 2.70 bits per heavy atom. The molecule has 108 valence electrons. The minimum atomic E-state index is 0.476. The van der Waals surface area contributed by atoms with Gasteiger partial charge in [0.15, 0.2) is 5.82 Å². The monoisotopic (exact) mass is 275 g/mol. The van der Waals surface area contributed by atoms with Crippen LogP contribution < -0.4 is 10.5 Å². The van der Waals surface area contributed by atoms with E-state index < -0.39 is 0 Å². The van der Waals surface area contributed by atoms with Crippen LogP contribution in [0, 0.1) is 11.8 Å². The Balaban J connectivity index is 2.39. The SMILES string of the molecule is COc1ccc(N)cc1-c1nnnn1CC(C)C(C)C. The summed E-state index contributed by atoms with van der Waals surface area (Å²) in [6.07, 6.45) is 0. The molecule has 0 spiro atoms. The van der Waals surface area contributed by atoms with E-state index in [0.717, 1.165) is 12.1 Å². The number of aromatic nitrogens is 4. The van der Waals surface area contributed by atoms with Crippen molar-refractivity contribution in [3.63, 3.8) is 0 Å². The fourth-order valence-corrected chi connectivity index (χ4v) is 1.90. The Labute approximate surface area is 118 Å². The molecule has 0 bridgehead atoms. The fourth-order valence-electron chi connectivity index (χ4n) is 1.90. The first-order chi connectivity index (χ1) is 9.52. The van der Waals surface area contributed by atoms with Gasteiger partial charge in [-0.15, -0.1) is 5.10 Å². The van der Waals surface area contributed by atoms with Crippen LogP contribution in [0.1, 0.15) is 20.8 Å². The van der Waals surface area contributed by atoms with Gasteiger partial charge in [0, 0.05) is 12.2 Å². The van der Waals surface area contributed by atoms with Gasteiger partial charge in [-0.05, 0) is 40.5 Å². The molecule has 1 unspecified atom stereocenters. The number of methoxy groups -OCH3 is 1. The Hall–Kier alpha value is -2.11. The third-order valence-electron chi connectivity index (χ3n) is 3.60. The maximum absolute atomic E-state index is 5.85. The van der Waals surface area contributed by atoms with Gasteiger partial charge < -0.3 is 10.5 Å². The van der Waals surface area contributed by atoms with Gasteiger partial charge in [-0.25, -0.2) is 4.68 Å². The molecular weight excluding hydrogens is 254 g/mol. The summed E-state index contributed by atoms with van der Waals surface area (Å²) < 4.78 is 7.17. The van der Waals surface area contributed by atoms with Gasteiger partial charge in [0.05, 0.1) is 12.7 Å². The van der Waals surface area contributed by atoms with Gasteiger partial charge in [0.2, 0.25) is 0 Å². The molecule has 1 atom stereocenters. The topological polar surface area (TPSA) is 78.8 Å². The van der Waals surface area contributed by atoms with Crippen LogP contribution in [0.5, 0.6) is 5.75 Å². The molecule has 2 aromatic rings. The minimum absolute atomic E-state index is 0.476. The fraction of sp³-hybridized carbons (Fsp3) is 0.500. The summed E-state index contributed by atoms with van der Waals surface area (Å²) in [6, 6.07) is 5.46. The van der Waals surface area contributed by atoms with Crippen LogP contribution >= 0.6 is 0 Å². The summed E-state index contributed by atoms with van der Waals surface area (Å²) >= 11 is 0. The smallest absolute Gasteiger partial charge is 0.185 e. The van der Waals surface area contributed by atoms with Crippen LogP contribution in [0.4, 0.5) is 5.69 Å². The van der Waals surface area contributed by atoms with Crippen LogP contribution in [0.25, 0.3) is 11.4 Å². The molecule has 0 saturated heterocycles. The van der Waals surface area contributed by atoms with Crippen molar-refractivity contribution in [1.82, 2.24) is 20.2 Å². The molecular formula is C14H21N5O. The van der Waals surface area contributed by atoms with E-state index in [2.05, 4.69) is 36.3 Å². The van der Waals surface area contributed by atoms with Gasteiger partial charge in [-0.3, -0.25) is 0 Å². The molecule has 0 amide bonds. The molecule has 0 fully saturated rings. The van der Waals surface area contributed by atoms with Crippen LogP contribution in [0.2, 0.25) is 0 Å². The van der Waals surface area contributed by atoms with Gasteiger partial charge in [0.1, 0.15) is 5.75 Å². The van der Waals surface area contributed by atoms with Gasteiger partial charge in [0.25, 0.3) is 0 Å². The second-order valence-electron chi connectivity index (χ2n) is 5.37. The number of nitrogens with zero attached hydrogens (tertiary/aromatic N) is 4. The van der Waals surface area contributed by atoms with E-state index in [1.807, 2.05) is 16.8 Å². The van der Waals surface area contributed by atoms with Crippen LogP contribution in [0.3, 0.4) is 0 Å². The average molecular weight is 275 g/mol. The molecule has 6 nitrogen and oxygen atoms in total. The first-order valence-corrected chi connectivity index (χ1v) is 6.73. The van der Waals surface area contributed by atoms with Crippen molar-refractivity contribution in [2.75, 3.05) is 12.8 Å². The average Bonchev–Trinajstić information content (AvgIpc) is 2.86. The predicted octanol–water partition coefficient (Wildman–Crippen LogP) is 2.22. The first-order valence-electron chi connectivity index (χ1n) is 6.73. The molecule has 0 aliphatic heterocycles. The number of nitrogen functional groups attached to an aromatic ring is 1. The molecule has 0 aliphatic rings. The molecule has 0 saturated carbocycles. The van der Waals surface area contributed by atoms with E-state index in [-0.39, 0.29) is 0 Å². The summed E-state index contributed by atoms with van der Waals surface area (Å²) in [4.78, 5) is 0. The summed E-state index contributed by atoms with van der Waals surface area (Å²) in [5, 5.41) is 12.0. The van der Waals surface area contributed by atoms with Crippen LogP contribution in [-0.4, -0.2) is 27.3 Å². The highest BCUT2D eigenvalue weighted by molar-refractivity contribution is 5.68. The lowest BCUT2D eigenvalue weighted by Gasteiger charge is -2.16. The summed E-state index contributed by atoms with van der Waals surface area (Å²) in [5.41, 5.74) is 7.33. The predicted molar refractivity (Wildman–Crippen MR) is 78.2 cm³/mol. The number of ether oxygens (including phenoxy) is 1. The molecule has 6 heteroatoms. The number of benzene rings is 1. The lowest BCUT2D eigenvalue weighted by Crippen LogP contribution is -2.15. The van der Waals surface area contributed by atoms with E-state index in [1.165, 1.54) is 0 Å². The Morgan fingerprint density at radius 1 is 1.30 bits per heavy atom. The largest absolute Gasteiger partial charge is 0.496 e. The Kier molecular flexibility index (Phi) is 4.22. The first kappa shape index (κ1) is 14.3. The normalized spacial score (nSPS) is 12.7. The molecule has 1 aromatic heterocycles. The maximum atomic E-state index is 5.85. The van der Waals surface area contributed by atoms with Crippen molar-refractivity contribution >= 4 is 5.69 Å². The second-order valence-corrected chi connectivity index (χ2v) is 5.37. The number of nitrogens with two attached hydrogens (primary N) is 1. The highest BCUT2D eigenvalue weighted by atomic mass is 16.5. The lowest BCUT2D eigenvalue weighted by atomic mass is 9.98. The van der Waals surface area contributed by atoms with Crippen molar-refractivity contribution < 1.29 is 4.74 Å². The zero-order chi connectivity index (χ0) is 14.7. The molecule has 1 heterocycles. The second kappa shape index (κ2) is 5.90. The standard InChI is InChI=1S/C14H21N5O/c1-9(2)10(3)8-19-14(16-17-18-19)12-7-11(15)5-6-13(12)20-4/h5-7,9-10H,8,15H2,1-4H3. The van der Waals surface area contributed by atoms with E-state index in [0.29, 0.717) is 29.1 Å². The Bertz CT molecular complexity index is 579. The highest BCUT2D eigenvalue weighted by Crippen LogP contribution is 2.30. The quantitative estimate of drug-likeness (QED) is 0.846. The van der Waals surface area contributed by atoms with E-state index in [1.54, 1.807) is 13.2 Å². The molecule has 2 N–H and O–H groups in total. The number of rotatable bonds is 5. The number of anilines is 1. The maximum Gasteiger partial charge on any atom is 0.185 e. The van der Waals surface area contributed by atoms with Gasteiger partial charge in [-0.2, -0.15) is 0 Å². The van der Waals surface area contributed by atoms with Gasteiger partial charge in [-0.1, -0.05) is 20.8 Å². The van der Waals surface area contributed by atoms with E-state index in [9.17, 15) is 0 Å². The van der Waals surface area contributed by atoms with Crippen LogP contribution in [0.15, 0.2) is 18.2 Å². The zero-order valence-electron chi connectivity index (χ0n) is 12.4.